The van der Waals surface area contributed by atoms with E-state index < -0.39 is 15.0 Å². The van der Waals surface area contributed by atoms with Crippen molar-refractivity contribution in [2.75, 3.05) is 7.11 Å². The SMILES string of the molecule is COC(=O)C1=C(S(=O)(=O)Cl)CCCC1. The van der Waals surface area contributed by atoms with E-state index in [0.717, 1.165) is 12.8 Å². The Morgan fingerprint density at radius 1 is 1.36 bits per heavy atom. The molecule has 4 nitrogen and oxygen atoms in total. The standard InChI is InChI=1S/C8H11ClO4S/c1-13-8(10)6-4-2-3-5-7(6)14(9,11)12/h2-5H2,1H3. The van der Waals surface area contributed by atoms with E-state index in [1.54, 1.807) is 0 Å². The summed E-state index contributed by atoms with van der Waals surface area (Å²) in [6.07, 6.45) is 2.28. The Hall–Kier alpha value is -0.550. The third-order valence-electron chi connectivity index (χ3n) is 2.14. The molecule has 0 aromatic carbocycles. The van der Waals surface area contributed by atoms with Crippen LogP contribution in [-0.4, -0.2) is 21.5 Å². The fourth-order valence-electron chi connectivity index (χ4n) is 1.49. The molecule has 0 radical (unpaired) electrons. The van der Waals surface area contributed by atoms with Crippen LogP contribution >= 0.6 is 10.7 Å². The summed E-state index contributed by atoms with van der Waals surface area (Å²) in [5.41, 5.74) is 0.203. The molecule has 1 rings (SSSR count). The van der Waals surface area contributed by atoms with Crippen LogP contribution in [0.1, 0.15) is 25.7 Å². The molecular weight excluding hydrogens is 228 g/mol. The Morgan fingerprint density at radius 3 is 2.43 bits per heavy atom. The minimum atomic E-state index is -3.78. The molecule has 0 spiro atoms. The zero-order valence-electron chi connectivity index (χ0n) is 7.75. The molecule has 0 aliphatic heterocycles. The van der Waals surface area contributed by atoms with Gasteiger partial charge in [0.2, 0.25) is 0 Å². The van der Waals surface area contributed by atoms with Crippen LogP contribution in [-0.2, 0) is 18.6 Å². The molecule has 1 aliphatic carbocycles. The predicted octanol–water partition coefficient (Wildman–Crippen LogP) is 1.56. The lowest BCUT2D eigenvalue weighted by Crippen LogP contribution is -2.14. The van der Waals surface area contributed by atoms with Gasteiger partial charge in [-0.3, -0.25) is 0 Å². The van der Waals surface area contributed by atoms with Gasteiger partial charge in [0.1, 0.15) is 0 Å². The summed E-state index contributed by atoms with van der Waals surface area (Å²) >= 11 is 0. The zero-order valence-corrected chi connectivity index (χ0v) is 9.32. The second-order valence-corrected chi connectivity index (χ2v) is 5.63. The molecule has 1 aliphatic rings. The Kier molecular flexibility index (Phi) is 3.55. The number of rotatable bonds is 2. The van der Waals surface area contributed by atoms with E-state index in [4.69, 9.17) is 10.7 Å². The predicted molar refractivity (Wildman–Crippen MR) is 52.3 cm³/mol. The lowest BCUT2D eigenvalue weighted by Gasteiger charge is -2.15. The summed E-state index contributed by atoms with van der Waals surface area (Å²) in [7, 11) is 2.66. The first kappa shape index (κ1) is 11.5. The summed E-state index contributed by atoms with van der Waals surface area (Å²) in [4.78, 5) is 11.2. The molecule has 14 heavy (non-hydrogen) atoms. The number of carbonyl (C=O) groups excluding carboxylic acids is 1. The van der Waals surface area contributed by atoms with Crippen LogP contribution in [0.3, 0.4) is 0 Å². The number of ether oxygens (including phenoxy) is 1. The van der Waals surface area contributed by atoms with Crippen LogP contribution in [0.5, 0.6) is 0 Å². The molecule has 80 valence electrons. The number of hydrogen-bond donors (Lipinski definition) is 0. The minimum Gasteiger partial charge on any atom is -0.466 e. The van der Waals surface area contributed by atoms with Gasteiger partial charge in [0, 0.05) is 10.7 Å². The minimum absolute atomic E-state index is 0.0252. The Morgan fingerprint density at radius 2 is 1.93 bits per heavy atom. The maximum Gasteiger partial charge on any atom is 0.334 e. The first-order chi connectivity index (χ1) is 6.46. The molecule has 0 atom stereocenters. The molecule has 0 bridgehead atoms. The molecule has 0 heterocycles. The van der Waals surface area contributed by atoms with Crippen molar-refractivity contribution >= 4 is 25.7 Å². The van der Waals surface area contributed by atoms with Gasteiger partial charge in [0.15, 0.2) is 0 Å². The van der Waals surface area contributed by atoms with Crippen molar-refractivity contribution in [2.45, 2.75) is 25.7 Å². The first-order valence-electron chi connectivity index (χ1n) is 4.22. The third kappa shape index (κ3) is 2.48. The van der Waals surface area contributed by atoms with E-state index in [9.17, 15) is 13.2 Å². The number of halogens is 1. The molecule has 0 aromatic heterocycles. The van der Waals surface area contributed by atoms with Crippen molar-refractivity contribution < 1.29 is 17.9 Å². The van der Waals surface area contributed by atoms with Crippen molar-refractivity contribution in [1.82, 2.24) is 0 Å². The van der Waals surface area contributed by atoms with Gasteiger partial charge in [-0.1, -0.05) is 0 Å². The van der Waals surface area contributed by atoms with Gasteiger partial charge in [0.25, 0.3) is 9.05 Å². The summed E-state index contributed by atoms with van der Waals surface area (Å²) in [5, 5.41) is 0. The largest absolute Gasteiger partial charge is 0.466 e. The van der Waals surface area contributed by atoms with Crippen molar-refractivity contribution in [3.05, 3.63) is 10.5 Å². The number of methoxy groups -OCH3 is 1. The van der Waals surface area contributed by atoms with Gasteiger partial charge in [-0.2, -0.15) is 0 Å². The van der Waals surface area contributed by atoms with Gasteiger partial charge >= 0.3 is 5.97 Å². The van der Waals surface area contributed by atoms with Crippen LogP contribution in [0.4, 0.5) is 0 Å². The Bertz CT molecular complexity index is 369. The van der Waals surface area contributed by atoms with E-state index in [0.29, 0.717) is 12.8 Å². The second kappa shape index (κ2) is 4.31. The highest BCUT2D eigenvalue weighted by Crippen LogP contribution is 2.31. The maximum absolute atomic E-state index is 11.2. The Balaban J connectivity index is 3.16. The highest BCUT2D eigenvalue weighted by molar-refractivity contribution is 8.16. The van der Waals surface area contributed by atoms with E-state index in [2.05, 4.69) is 4.74 Å². The van der Waals surface area contributed by atoms with E-state index in [-0.39, 0.29) is 10.5 Å². The van der Waals surface area contributed by atoms with Crippen LogP contribution in [0.25, 0.3) is 0 Å². The average Bonchev–Trinajstić information content (AvgIpc) is 2.15. The lowest BCUT2D eigenvalue weighted by atomic mass is 9.99. The van der Waals surface area contributed by atoms with E-state index in [1.165, 1.54) is 7.11 Å². The molecule has 0 fully saturated rings. The second-order valence-electron chi connectivity index (χ2n) is 3.04. The summed E-state index contributed by atoms with van der Waals surface area (Å²) < 4.78 is 26.7. The number of hydrogen-bond acceptors (Lipinski definition) is 4. The number of carbonyl (C=O) groups is 1. The highest BCUT2D eigenvalue weighted by atomic mass is 35.7. The molecular formula is C8H11ClO4S. The van der Waals surface area contributed by atoms with Gasteiger partial charge in [-0.25, -0.2) is 13.2 Å². The van der Waals surface area contributed by atoms with Gasteiger partial charge in [0.05, 0.1) is 17.6 Å². The molecule has 0 saturated carbocycles. The van der Waals surface area contributed by atoms with Crippen LogP contribution in [0.2, 0.25) is 0 Å². The van der Waals surface area contributed by atoms with E-state index >= 15 is 0 Å². The molecule has 0 amide bonds. The van der Waals surface area contributed by atoms with Crippen LogP contribution < -0.4 is 0 Å². The number of esters is 1. The normalized spacial score (nSPS) is 18.1. The fourth-order valence-corrected chi connectivity index (χ4v) is 2.86. The van der Waals surface area contributed by atoms with Gasteiger partial charge < -0.3 is 4.74 Å². The van der Waals surface area contributed by atoms with Crippen LogP contribution in [0.15, 0.2) is 10.5 Å². The smallest absolute Gasteiger partial charge is 0.334 e. The monoisotopic (exact) mass is 238 g/mol. The maximum atomic E-state index is 11.2. The molecule has 6 heteroatoms. The van der Waals surface area contributed by atoms with Gasteiger partial charge in [-0.15, -0.1) is 0 Å². The van der Waals surface area contributed by atoms with Crippen LogP contribution in [0, 0.1) is 0 Å². The quantitative estimate of drug-likeness (QED) is 0.541. The first-order valence-corrected chi connectivity index (χ1v) is 6.52. The zero-order chi connectivity index (χ0) is 10.8. The van der Waals surface area contributed by atoms with Crippen molar-refractivity contribution in [3.8, 4) is 0 Å². The summed E-state index contributed by atoms with van der Waals surface area (Å²) in [6, 6.07) is 0. The fraction of sp³-hybridized carbons (Fsp3) is 0.625. The summed E-state index contributed by atoms with van der Waals surface area (Å²) in [6.45, 7) is 0. The number of allylic oxidation sites excluding steroid dienone is 1. The highest BCUT2D eigenvalue weighted by Gasteiger charge is 2.27. The van der Waals surface area contributed by atoms with E-state index in [1.807, 2.05) is 0 Å². The average molecular weight is 239 g/mol. The molecule has 0 saturated heterocycles. The van der Waals surface area contributed by atoms with Gasteiger partial charge in [-0.05, 0) is 25.7 Å². The molecule has 0 unspecified atom stereocenters. The summed E-state index contributed by atoms with van der Waals surface area (Å²) in [5.74, 6) is -0.594. The topological polar surface area (TPSA) is 60.4 Å². The van der Waals surface area contributed by atoms with Crippen molar-refractivity contribution in [1.29, 1.82) is 0 Å². The van der Waals surface area contributed by atoms with Crippen molar-refractivity contribution in [2.24, 2.45) is 0 Å². The molecule has 0 N–H and O–H groups in total. The molecule has 0 aromatic rings. The lowest BCUT2D eigenvalue weighted by molar-refractivity contribution is -0.136. The van der Waals surface area contributed by atoms with Crippen molar-refractivity contribution in [3.63, 3.8) is 0 Å². The third-order valence-corrected chi connectivity index (χ3v) is 3.74. The Labute approximate surface area is 87.3 Å².